The molecule has 0 saturated carbocycles. The van der Waals surface area contributed by atoms with Gasteiger partial charge < -0.3 is 25.4 Å². The fraction of sp³-hybridized carbons (Fsp3) is 0.500. The molecule has 4 aromatic rings. The lowest BCUT2D eigenvalue weighted by molar-refractivity contribution is -0.274. The minimum Gasteiger partial charge on any atom is -0.461 e. The number of hydrogen-bond donors (Lipinski definition) is 2. The molecule has 3 N–H and O–H groups in total. The third-order valence-electron chi connectivity index (χ3n) is 9.13. The van der Waals surface area contributed by atoms with E-state index in [0.717, 1.165) is 42.5 Å². The van der Waals surface area contributed by atoms with Crippen LogP contribution in [0.4, 0.5) is 37.3 Å². The smallest absolute Gasteiger partial charge is 0.461 e. The number of fused-ring (bicyclic) bond motifs is 3. The third-order valence-corrected chi connectivity index (χ3v) is 10.0. The van der Waals surface area contributed by atoms with Crippen LogP contribution in [0.3, 0.4) is 0 Å². The van der Waals surface area contributed by atoms with Crippen LogP contribution in [-0.4, -0.2) is 82.8 Å². The molecule has 46 heavy (non-hydrogen) atoms. The number of rotatable bonds is 6. The monoisotopic (exact) mass is 667 g/mol. The molecule has 246 valence electrons. The minimum absolute atomic E-state index is 0.0193. The summed E-state index contributed by atoms with van der Waals surface area (Å²) < 4.78 is 98.0. The van der Waals surface area contributed by atoms with Crippen LogP contribution in [0.5, 0.6) is 11.8 Å². The Morgan fingerprint density at radius 2 is 1.93 bits per heavy atom. The maximum Gasteiger partial charge on any atom is 0.573 e. The van der Waals surface area contributed by atoms with Gasteiger partial charge in [-0.1, -0.05) is 11.3 Å². The van der Waals surface area contributed by atoms with Crippen LogP contribution in [0.15, 0.2) is 18.2 Å². The van der Waals surface area contributed by atoms with Crippen LogP contribution in [0.2, 0.25) is 0 Å². The van der Waals surface area contributed by atoms with Gasteiger partial charge in [0, 0.05) is 49.1 Å². The Bertz CT molecular complexity index is 1820. The Morgan fingerprint density at radius 3 is 2.72 bits per heavy atom. The van der Waals surface area contributed by atoms with Crippen molar-refractivity contribution in [3.8, 4) is 22.9 Å². The first-order chi connectivity index (χ1) is 21.8. The fourth-order valence-corrected chi connectivity index (χ4v) is 7.83. The highest BCUT2D eigenvalue weighted by Gasteiger charge is 2.49. The van der Waals surface area contributed by atoms with Gasteiger partial charge in [0.1, 0.15) is 35.7 Å². The Hall–Kier alpha value is -3.63. The standard InChI is InChI=1S/C30H31F6N7O2S/c1-14-11-43(15(2)10-38-14)26-18-8-20(45-30(34,35)36)21(17-4-5-19(32)25-24(17)39-27(37)46-25)22(33)23(18)40-28(41-26)44-13-29-6-3-7-42(29)12-16(31)9-29/h4-5,8,14-16,38H,3,6-7,9-13H2,1-2H3,(H2,37,39)/t14-,15+,16-,29+/m1/s1. The molecule has 0 spiro atoms. The van der Waals surface area contributed by atoms with E-state index >= 15 is 4.39 Å². The molecule has 0 amide bonds. The number of ether oxygens (including phenoxy) is 2. The molecule has 0 unspecified atom stereocenters. The number of piperazine rings is 1. The van der Waals surface area contributed by atoms with Crippen molar-refractivity contribution >= 4 is 43.4 Å². The predicted molar refractivity (Wildman–Crippen MR) is 162 cm³/mol. The molecule has 3 saturated heterocycles. The molecule has 9 nitrogen and oxygen atoms in total. The molecule has 7 rings (SSSR count). The second-order valence-corrected chi connectivity index (χ2v) is 13.4. The maximum atomic E-state index is 16.9. The fourth-order valence-electron chi connectivity index (χ4n) is 7.07. The summed E-state index contributed by atoms with van der Waals surface area (Å²) in [5.74, 6) is -2.58. The van der Waals surface area contributed by atoms with Crippen molar-refractivity contribution in [2.75, 3.05) is 43.4 Å². The average Bonchev–Trinajstić information content (AvgIpc) is 3.65. The molecule has 3 aliphatic rings. The Kier molecular flexibility index (Phi) is 7.59. The van der Waals surface area contributed by atoms with Gasteiger partial charge in [-0.15, -0.1) is 13.2 Å². The van der Waals surface area contributed by atoms with Crippen LogP contribution in [-0.2, 0) is 0 Å². The highest BCUT2D eigenvalue weighted by molar-refractivity contribution is 7.22. The van der Waals surface area contributed by atoms with Crippen molar-refractivity contribution in [3.63, 3.8) is 0 Å². The number of nitrogen functional groups attached to an aromatic ring is 1. The summed E-state index contributed by atoms with van der Waals surface area (Å²) in [5.41, 5.74) is 4.05. The van der Waals surface area contributed by atoms with Gasteiger partial charge in [-0.05, 0) is 51.4 Å². The van der Waals surface area contributed by atoms with Gasteiger partial charge in [0.05, 0.1) is 21.3 Å². The normalized spacial score (nSPS) is 25.5. The molecular formula is C30H31F6N7O2S. The topological polar surface area (TPSA) is 102 Å². The van der Waals surface area contributed by atoms with Gasteiger partial charge in [0.25, 0.3) is 0 Å². The van der Waals surface area contributed by atoms with Gasteiger partial charge in [0.15, 0.2) is 10.9 Å². The number of nitrogens with two attached hydrogens (primary N) is 1. The Balaban J connectivity index is 1.44. The number of alkyl halides is 4. The molecule has 4 atom stereocenters. The lowest BCUT2D eigenvalue weighted by atomic mass is 9.95. The molecule has 3 aliphatic heterocycles. The van der Waals surface area contributed by atoms with E-state index in [1.54, 1.807) is 0 Å². The number of aromatic nitrogens is 3. The van der Waals surface area contributed by atoms with Gasteiger partial charge in [-0.2, -0.15) is 9.97 Å². The highest BCUT2D eigenvalue weighted by Crippen LogP contribution is 2.46. The molecule has 2 aromatic heterocycles. The average molecular weight is 668 g/mol. The van der Waals surface area contributed by atoms with E-state index < -0.39 is 41.0 Å². The van der Waals surface area contributed by atoms with Crippen molar-refractivity contribution < 1.29 is 35.8 Å². The zero-order valence-electron chi connectivity index (χ0n) is 24.9. The molecule has 0 radical (unpaired) electrons. The van der Waals surface area contributed by atoms with Gasteiger partial charge in [0.2, 0.25) is 0 Å². The molecular weight excluding hydrogens is 636 g/mol. The van der Waals surface area contributed by atoms with Crippen molar-refractivity contribution in [3.05, 3.63) is 29.8 Å². The van der Waals surface area contributed by atoms with Crippen molar-refractivity contribution in [2.24, 2.45) is 0 Å². The summed E-state index contributed by atoms with van der Waals surface area (Å²) in [4.78, 5) is 17.0. The number of anilines is 2. The summed E-state index contributed by atoms with van der Waals surface area (Å²) in [6, 6.07) is 2.79. The zero-order chi connectivity index (χ0) is 32.5. The van der Waals surface area contributed by atoms with Crippen LogP contribution in [0, 0.1) is 11.6 Å². The van der Waals surface area contributed by atoms with Crippen molar-refractivity contribution in [1.29, 1.82) is 0 Å². The Morgan fingerprint density at radius 1 is 1.13 bits per heavy atom. The van der Waals surface area contributed by atoms with E-state index in [9.17, 15) is 22.0 Å². The summed E-state index contributed by atoms with van der Waals surface area (Å²) in [6.45, 7) is 5.88. The first kappa shape index (κ1) is 31.0. The molecule has 0 bridgehead atoms. The number of benzene rings is 2. The van der Waals surface area contributed by atoms with Gasteiger partial charge in [-0.25, -0.2) is 18.2 Å². The Labute approximate surface area is 263 Å². The number of hydrogen-bond acceptors (Lipinski definition) is 10. The number of halogens is 6. The molecule has 2 aromatic carbocycles. The van der Waals surface area contributed by atoms with Crippen molar-refractivity contribution in [2.45, 2.75) is 63.3 Å². The summed E-state index contributed by atoms with van der Waals surface area (Å²) >= 11 is 0.783. The van der Waals surface area contributed by atoms with E-state index in [4.69, 9.17) is 10.5 Å². The quantitative estimate of drug-likeness (QED) is 0.247. The zero-order valence-corrected chi connectivity index (χ0v) is 25.7. The van der Waals surface area contributed by atoms with E-state index in [1.165, 1.54) is 0 Å². The lowest BCUT2D eigenvalue weighted by Gasteiger charge is -2.39. The van der Waals surface area contributed by atoms with Crippen molar-refractivity contribution in [1.82, 2.24) is 25.2 Å². The first-order valence-electron chi connectivity index (χ1n) is 15.0. The highest BCUT2D eigenvalue weighted by atomic mass is 32.1. The van der Waals surface area contributed by atoms with E-state index in [0.29, 0.717) is 26.1 Å². The third kappa shape index (κ3) is 5.43. The van der Waals surface area contributed by atoms with Crippen LogP contribution in [0.1, 0.15) is 33.1 Å². The number of nitrogens with one attached hydrogen (secondary N) is 1. The van der Waals surface area contributed by atoms with Crippen LogP contribution in [0.25, 0.3) is 32.2 Å². The number of nitrogens with zero attached hydrogens (tertiary/aromatic N) is 5. The maximum absolute atomic E-state index is 16.9. The van der Waals surface area contributed by atoms with E-state index in [2.05, 4.69) is 29.9 Å². The van der Waals surface area contributed by atoms with E-state index in [1.807, 2.05) is 18.7 Å². The largest absolute Gasteiger partial charge is 0.573 e. The van der Waals surface area contributed by atoms with Gasteiger partial charge >= 0.3 is 12.4 Å². The second kappa shape index (κ2) is 11.3. The second-order valence-electron chi connectivity index (χ2n) is 12.3. The van der Waals surface area contributed by atoms with Crippen LogP contribution >= 0.6 is 11.3 Å². The van der Waals surface area contributed by atoms with Gasteiger partial charge in [-0.3, -0.25) is 4.90 Å². The molecule has 3 fully saturated rings. The minimum atomic E-state index is -5.20. The predicted octanol–water partition coefficient (Wildman–Crippen LogP) is 5.81. The summed E-state index contributed by atoms with van der Waals surface area (Å²) in [6.07, 6.45) is -4.32. The molecule has 0 aliphatic carbocycles. The lowest BCUT2D eigenvalue weighted by Crippen LogP contribution is -2.54. The SMILES string of the molecule is C[C@@H]1CN(c2nc(OC[C@@]34CCCN3C[C@H](F)C4)nc3c(F)c(-c4ccc(F)c5sc(N)nc45)c(OC(F)(F)F)cc23)[C@@H](C)CN1. The number of thiazole rings is 1. The first-order valence-corrected chi connectivity index (χ1v) is 15.8. The van der Waals surface area contributed by atoms with E-state index in [-0.39, 0.29) is 68.8 Å². The molecule has 5 heterocycles. The van der Waals surface area contributed by atoms with Crippen LogP contribution < -0.4 is 25.4 Å². The summed E-state index contributed by atoms with van der Waals surface area (Å²) in [7, 11) is 0. The summed E-state index contributed by atoms with van der Waals surface area (Å²) in [5, 5.41) is 3.26. The molecule has 16 heteroatoms.